The molecule has 0 saturated carbocycles. The highest BCUT2D eigenvalue weighted by Gasteiger charge is 2.12. The van der Waals surface area contributed by atoms with Crippen molar-refractivity contribution in [2.24, 2.45) is 0 Å². The molecule has 0 bridgehead atoms. The predicted octanol–water partition coefficient (Wildman–Crippen LogP) is 1.23. The van der Waals surface area contributed by atoms with Gasteiger partial charge in [0.1, 0.15) is 0 Å². The predicted molar refractivity (Wildman–Crippen MR) is 49.7 cm³/mol. The molecule has 0 aliphatic heterocycles. The van der Waals surface area contributed by atoms with Gasteiger partial charge in [-0.15, -0.1) is 0 Å². The van der Waals surface area contributed by atoms with Gasteiger partial charge < -0.3 is 10.8 Å². The van der Waals surface area contributed by atoms with Gasteiger partial charge in [-0.1, -0.05) is 6.92 Å². The van der Waals surface area contributed by atoms with Crippen molar-refractivity contribution in [3.05, 3.63) is 23.0 Å². The number of hydrogen-bond donors (Lipinski definition) is 2. The van der Waals surface area contributed by atoms with Gasteiger partial charge in [-0.3, -0.25) is 0 Å². The summed E-state index contributed by atoms with van der Waals surface area (Å²) in [4.78, 5) is 14.5. The fourth-order valence-electron chi connectivity index (χ4n) is 1.35. The van der Waals surface area contributed by atoms with Gasteiger partial charge in [0.2, 0.25) is 0 Å². The standard InChI is InChI=1S/C9H12N2O2/c1-3-6-5(2)8(9(12)13)11-4-7(6)10/h4H,3,10H2,1-2H3,(H,12,13). The summed E-state index contributed by atoms with van der Waals surface area (Å²) in [6.45, 7) is 3.66. The molecule has 0 aliphatic rings. The zero-order chi connectivity index (χ0) is 10.0. The van der Waals surface area contributed by atoms with Crippen LogP contribution in [-0.4, -0.2) is 16.1 Å². The largest absolute Gasteiger partial charge is 0.477 e. The molecule has 70 valence electrons. The Kier molecular flexibility index (Phi) is 2.51. The fraction of sp³-hybridized carbons (Fsp3) is 0.333. The summed E-state index contributed by atoms with van der Waals surface area (Å²) in [6.07, 6.45) is 2.12. The number of carbonyl (C=O) groups is 1. The van der Waals surface area contributed by atoms with E-state index in [0.29, 0.717) is 11.3 Å². The van der Waals surface area contributed by atoms with Gasteiger partial charge in [-0.2, -0.15) is 0 Å². The third-order valence-corrected chi connectivity index (χ3v) is 2.05. The van der Waals surface area contributed by atoms with Crippen LogP contribution in [0, 0.1) is 6.92 Å². The molecule has 3 N–H and O–H groups in total. The highest BCUT2D eigenvalue weighted by molar-refractivity contribution is 5.88. The van der Waals surface area contributed by atoms with Crippen LogP contribution in [0.15, 0.2) is 6.20 Å². The van der Waals surface area contributed by atoms with E-state index in [2.05, 4.69) is 4.98 Å². The highest BCUT2D eigenvalue weighted by atomic mass is 16.4. The number of pyridine rings is 1. The molecule has 1 heterocycles. The van der Waals surface area contributed by atoms with Crippen LogP contribution in [0.3, 0.4) is 0 Å². The lowest BCUT2D eigenvalue weighted by Crippen LogP contribution is -2.08. The average molecular weight is 180 g/mol. The van der Waals surface area contributed by atoms with Gasteiger partial charge in [-0.05, 0) is 24.5 Å². The summed E-state index contributed by atoms with van der Waals surface area (Å²) < 4.78 is 0. The first kappa shape index (κ1) is 9.51. The molecule has 1 aromatic heterocycles. The second-order valence-corrected chi connectivity index (χ2v) is 2.82. The molecule has 0 aliphatic carbocycles. The molecule has 0 saturated heterocycles. The van der Waals surface area contributed by atoms with Gasteiger partial charge >= 0.3 is 5.97 Å². The molecule has 0 unspecified atom stereocenters. The number of aromatic carboxylic acids is 1. The van der Waals surface area contributed by atoms with Crippen LogP contribution in [0.2, 0.25) is 0 Å². The number of nitrogens with two attached hydrogens (primary N) is 1. The molecule has 0 spiro atoms. The number of carboxylic acid groups (broad SMARTS) is 1. The number of nitrogens with zero attached hydrogens (tertiary/aromatic N) is 1. The lowest BCUT2D eigenvalue weighted by Gasteiger charge is -2.08. The van der Waals surface area contributed by atoms with E-state index in [4.69, 9.17) is 10.8 Å². The minimum Gasteiger partial charge on any atom is -0.477 e. The first-order valence-corrected chi connectivity index (χ1v) is 4.05. The zero-order valence-corrected chi connectivity index (χ0v) is 7.66. The van der Waals surface area contributed by atoms with Crippen LogP contribution in [0.25, 0.3) is 0 Å². The van der Waals surface area contributed by atoms with Crippen molar-refractivity contribution in [2.75, 3.05) is 5.73 Å². The van der Waals surface area contributed by atoms with Crippen LogP contribution in [0.5, 0.6) is 0 Å². The minimum atomic E-state index is -1.01. The van der Waals surface area contributed by atoms with E-state index in [9.17, 15) is 4.79 Å². The van der Waals surface area contributed by atoms with Crippen molar-refractivity contribution in [1.82, 2.24) is 4.98 Å². The van der Waals surface area contributed by atoms with Crippen LogP contribution >= 0.6 is 0 Å². The molecule has 0 atom stereocenters. The third kappa shape index (κ3) is 1.61. The van der Waals surface area contributed by atoms with Crippen molar-refractivity contribution in [2.45, 2.75) is 20.3 Å². The van der Waals surface area contributed by atoms with Gasteiger partial charge in [0.15, 0.2) is 5.69 Å². The van der Waals surface area contributed by atoms with Crippen LogP contribution in [0.1, 0.15) is 28.5 Å². The number of rotatable bonds is 2. The van der Waals surface area contributed by atoms with E-state index >= 15 is 0 Å². The summed E-state index contributed by atoms with van der Waals surface area (Å²) in [5, 5.41) is 8.77. The minimum absolute atomic E-state index is 0.0889. The van der Waals surface area contributed by atoms with E-state index in [1.165, 1.54) is 6.20 Å². The molecule has 0 fully saturated rings. The summed E-state index contributed by atoms with van der Waals surface area (Å²) in [7, 11) is 0. The van der Waals surface area contributed by atoms with Crippen molar-refractivity contribution in [3.8, 4) is 0 Å². The molecule has 1 aromatic rings. The van der Waals surface area contributed by atoms with Crippen molar-refractivity contribution < 1.29 is 9.90 Å². The normalized spacial score (nSPS) is 10.0. The molecular weight excluding hydrogens is 168 g/mol. The van der Waals surface area contributed by atoms with Gasteiger partial charge in [0.25, 0.3) is 0 Å². The molecule has 0 radical (unpaired) electrons. The molecule has 4 heteroatoms. The Bertz CT molecular complexity index is 348. The quantitative estimate of drug-likeness (QED) is 0.717. The fourth-order valence-corrected chi connectivity index (χ4v) is 1.35. The molecule has 13 heavy (non-hydrogen) atoms. The highest BCUT2D eigenvalue weighted by Crippen LogP contribution is 2.18. The summed E-state index contributed by atoms with van der Waals surface area (Å²) in [5.41, 5.74) is 7.82. The van der Waals surface area contributed by atoms with E-state index < -0.39 is 5.97 Å². The molecule has 0 aromatic carbocycles. The Morgan fingerprint density at radius 3 is 2.77 bits per heavy atom. The Labute approximate surface area is 76.4 Å². The SMILES string of the molecule is CCc1c(N)cnc(C(=O)O)c1C. The van der Waals surface area contributed by atoms with Crippen LogP contribution in [-0.2, 0) is 6.42 Å². The number of anilines is 1. The van der Waals surface area contributed by atoms with Gasteiger partial charge in [-0.25, -0.2) is 9.78 Å². The Hall–Kier alpha value is -1.58. The Balaban J connectivity index is 3.35. The molecule has 1 rings (SSSR count). The summed E-state index contributed by atoms with van der Waals surface area (Å²) in [6, 6.07) is 0. The smallest absolute Gasteiger partial charge is 0.354 e. The zero-order valence-electron chi connectivity index (χ0n) is 7.66. The van der Waals surface area contributed by atoms with Gasteiger partial charge in [0, 0.05) is 0 Å². The molecule has 4 nitrogen and oxygen atoms in total. The maximum Gasteiger partial charge on any atom is 0.354 e. The van der Waals surface area contributed by atoms with Crippen LogP contribution < -0.4 is 5.73 Å². The van der Waals surface area contributed by atoms with Crippen molar-refractivity contribution in [1.29, 1.82) is 0 Å². The van der Waals surface area contributed by atoms with Gasteiger partial charge in [0.05, 0.1) is 11.9 Å². The lowest BCUT2D eigenvalue weighted by atomic mass is 10.0. The maximum absolute atomic E-state index is 10.7. The van der Waals surface area contributed by atoms with Crippen molar-refractivity contribution >= 4 is 11.7 Å². The Morgan fingerprint density at radius 1 is 1.69 bits per heavy atom. The number of nitrogen functional groups attached to an aromatic ring is 1. The topological polar surface area (TPSA) is 76.2 Å². The average Bonchev–Trinajstić information content (AvgIpc) is 2.04. The number of hydrogen-bond acceptors (Lipinski definition) is 3. The number of aromatic nitrogens is 1. The molecule has 0 amide bonds. The molecular formula is C9H12N2O2. The summed E-state index contributed by atoms with van der Waals surface area (Å²) >= 11 is 0. The van der Waals surface area contributed by atoms with Crippen LogP contribution in [0.4, 0.5) is 5.69 Å². The van der Waals surface area contributed by atoms with E-state index in [0.717, 1.165) is 12.0 Å². The first-order valence-electron chi connectivity index (χ1n) is 4.05. The van der Waals surface area contributed by atoms with E-state index in [-0.39, 0.29) is 5.69 Å². The second kappa shape index (κ2) is 3.43. The second-order valence-electron chi connectivity index (χ2n) is 2.82. The number of carboxylic acids is 1. The lowest BCUT2D eigenvalue weighted by molar-refractivity contribution is 0.0689. The third-order valence-electron chi connectivity index (χ3n) is 2.05. The van der Waals surface area contributed by atoms with E-state index in [1.807, 2.05) is 6.92 Å². The monoisotopic (exact) mass is 180 g/mol. The summed E-state index contributed by atoms with van der Waals surface area (Å²) in [5.74, 6) is -1.01. The maximum atomic E-state index is 10.7. The van der Waals surface area contributed by atoms with E-state index in [1.54, 1.807) is 6.92 Å². The Morgan fingerprint density at radius 2 is 2.31 bits per heavy atom. The van der Waals surface area contributed by atoms with Crippen molar-refractivity contribution in [3.63, 3.8) is 0 Å². The first-order chi connectivity index (χ1) is 6.07.